The predicted molar refractivity (Wildman–Crippen MR) is 109 cm³/mol. The number of guanidine groups is 1. The zero-order chi connectivity index (χ0) is 18.3. The van der Waals surface area contributed by atoms with E-state index < -0.39 is 12.2 Å². The van der Waals surface area contributed by atoms with Crippen LogP contribution in [0.15, 0.2) is 23.2 Å². The first-order valence-electron chi connectivity index (χ1n) is 8.71. The third-order valence-electron chi connectivity index (χ3n) is 4.30. The first kappa shape index (κ1) is 22.9. The van der Waals surface area contributed by atoms with E-state index >= 15 is 0 Å². The SMILES string of the molecule is CCNC(=NCc1cc(C)ccc1OC(F)F)NCC1(O)CCCC1.I. The molecule has 0 amide bonds. The molecule has 0 heterocycles. The number of aliphatic hydroxyl groups is 1. The number of rotatable bonds is 7. The second-order valence-electron chi connectivity index (χ2n) is 6.47. The smallest absolute Gasteiger partial charge is 0.387 e. The molecule has 1 aromatic carbocycles. The van der Waals surface area contributed by atoms with E-state index in [1.54, 1.807) is 12.1 Å². The van der Waals surface area contributed by atoms with E-state index in [-0.39, 0.29) is 36.3 Å². The molecule has 1 aliphatic rings. The van der Waals surface area contributed by atoms with Gasteiger partial charge in [0, 0.05) is 18.7 Å². The number of alkyl halides is 2. The number of nitrogens with zero attached hydrogens (tertiary/aromatic N) is 1. The second-order valence-corrected chi connectivity index (χ2v) is 6.47. The van der Waals surface area contributed by atoms with E-state index in [0.717, 1.165) is 31.2 Å². The van der Waals surface area contributed by atoms with Gasteiger partial charge in [0.2, 0.25) is 0 Å². The lowest BCUT2D eigenvalue weighted by atomic mass is 10.0. The summed E-state index contributed by atoms with van der Waals surface area (Å²) in [5, 5.41) is 16.7. The average Bonchev–Trinajstić information content (AvgIpc) is 2.99. The van der Waals surface area contributed by atoms with Crippen molar-refractivity contribution in [3.8, 4) is 5.75 Å². The van der Waals surface area contributed by atoms with Crippen LogP contribution in [0.1, 0.15) is 43.7 Å². The lowest BCUT2D eigenvalue weighted by molar-refractivity contribution is -0.0504. The van der Waals surface area contributed by atoms with Crippen molar-refractivity contribution < 1.29 is 18.6 Å². The molecule has 8 heteroatoms. The van der Waals surface area contributed by atoms with Crippen LogP contribution < -0.4 is 15.4 Å². The van der Waals surface area contributed by atoms with E-state index in [4.69, 9.17) is 0 Å². The van der Waals surface area contributed by atoms with Gasteiger partial charge in [-0.05, 0) is 32.8 Å². The Hall–Kier alpha value is -1.16. The van der Waals surface area contributed by atoms with Crippen molar-refractivity contribution in [1.29, 1.82) is 0 Å². The van der Waals surface area contributed by atoms with Gasteiger partial charge in [-0.1, -0.05) is 30.5 Å². The molecule has 1 fully saturated rings. The van der Waals surface area contributed by atoms with Crippen molar-refractivity contribution >= 4 is 29.9 Å². The molecule has 0 atom stereocenters. The van der Waals surface area contributed by atoms with Crippen molar-refractivity contribution in [1.82, 2.24) is 10.6 Å². The molecule has 1 aromatic rings. The molecular formula is C18H28F2IN3O2. The Balaban J connectivity index is 0.00000338. The summed E-state index contributed by atoms with van der Waals surface area (Å²) in [6.07, 6.45) is 3.63. The van der Waals surface area contributed by atoms with Crippen LogP contribution >= 0.6 is 24.0 Å². The third-order valence-corrected chi connectivity index (χ3v) is 4.30. The Labute approximate surface area is 170 Å². The molecule has 0 saturated heterocycles. The zero-order valence-corrected chi connectivity index (χ0v) is 17.6. The lowest BCUT2D eigenvalue weighted by Gasteiger charge is -2.23. The number of nitrogens with one attached hydrogen (secondary N) is 2. The summed E-state index contributed by atoms with van der Waals surface area (Å²) < 4.78 is 29.7. The monoisotopic (exact) mass is 483 g/mol. The largest absolute Gasteiger partial charge is 0.434 e. The molecule has 0 aromatic heterocycles. The fourth-order valence-electron chi connectivity index (χ4n) is 3.01. The Morgan fingerprint density at radius 1 is 1.31 bits per heavy atom. The predicted octanol–water partition coefficient (Wildman–Crippen LogP) is 3.57. The molecule has 1 aliphatic carbocycles. The normalized spacial score (nSPS) is 16.3. The van der Waals surface area contributed by atoms with E-state index in [1.165, 1.54) is 6.07 Å². The van der Waals surface area contributed by atoms with Crippen LogP contribution in [0.4, 0.5) is 8.78 Å². The molecule has 3 N–H and O–H groups in total. The van der Waals surface area contributed by atoms with E-state index in [2.05, 4.69) is 20.4 Å². The molecule has 1 saturated carbocycles. The highest BCUT2D eigenvalue weighted by atomic mass is 127. The van der Waals surface area contributed by atoms with E-state index in [9.17, 15) is 13.9 Å². The van der Waals surface area contributed by atoms with Gasteiger partial charge in [-0.2, -0.15) is 8.78 Å². The maximum absolute atomic E-state index is 12.5. The minimum absolute atomic E-state index is 0. The van der Waals surface area contributed by atoms with E-state index in [0.29, 0.717) is 24.6 Å². The molecular weight excluding hydrogens is 455 g/mol. The average molecular weight is 483 g/mol. The van der Waals surface area contributed by atoms with Gasteiger partial charge >= 0.3 is 6.61 Å². The van der Waals surface area contributed by atoms with Crippen molar-refractivity contribution in [3.63, 3.8) is 0 Å². The first-order chi connectivity index (χ1) is 11.9. The fourth-order valence-corrected chi connectivity index (χ4v) is 3.01. The van der Waals surface area contributed by atoms with Crippen LogP contribution in [0.5, 0.6) is 5.75 Å². The van der Waals surface area contributed by atoms with Crippen LogP contribution in [0.3, 0.4) is 0 Å². The molecule has 2 rings (SSSR count). The highest BCUT2D eigenvalue weighted by Gasteiger charge is 2.30. The number of aliphatic imine (C=N–C) groups is 1. The van der Waals surface area contributed by atoms with Gasteiger partial charge in [0.1, 0.15) is 5.75 Å². The molecule has 0 unspecified atom stereocenters. The standard InChI is InChI=1S/C18H27F2N3O2.HI/c1-3-21-17(23-12-18(24)8-4-5-9-18)22-11-14-10-13(2)6-7-15(14)25-16(19)20;/h6-7,10,16,24H,3-5,8-9,11-12H2,1-2H3,(H2,21,22,23);1H. The van der Waals surface area contributed by atoms with Gasteiger partial charge < -0.3 is 20.5 Å². The summed E-state index contributed by atoms with van der Waals surface area (Å²) >= 11 is 0. The Morgan fingerprint density at radius 3 is 2.62 bits per heavy atom. The Morgan fingerprint density at radius 2 is 2.00 bits per heavy atom. The minimum atomic E-state index is -2.87. The zero-order valence-electron chi connectivity index (χ0n) is 15.2. The van der Waals surface area contributed by atoms with Crippen LogP contribution in [-0.2, 0) is 6.54 Å². The molecule has 0 radical (unpaired) electrons. The summed E-state index contributed by atoms with van der Waals surface area (Å²) in [7, 11) is 0. The van der Waals surface area contributed by atoms with Gasteiger partial charge in [-0.25, -0.2) is 4.99 Å². The summed E-state index contributed by atoms with van der Waals surface area (Å²) in [5.74, 6) is 0.682. The van der Waals surface area contributed by atoms with Crippen molar-refractivity contribution in [2.45, 2.75) is 58.3 Å². The highest BCUT2D eigenvalue weighted by molar-refractivity contribution is 14.0. The topological polar surface area (TPSA) is 65.9 Å². The number of hydrogen-bond acceptors (Lipinski definition) is 3. The maximum Gasteiger partial charge on any atom is 0.387 e. The summed E-state index contributed by atoms with van der Waals surface area (Å²) in [6.45, 7) is 2.26. The van der Waals surface area contributed by atoms with Crippen LogP contribution in [0.2, 0.25) is 0 Å². The number of benzene rings is 1. The Bertz CT molecular complexity index is 594. The quantitative estimate of drug-likeness (QED) is 0.315. The molecule has 0 spiro atoms. The summed E-state index contributed by atoms with van der Waals surface area (Å²) in [5.41, 5.74) is 0.853. The van der Waals surface area contributed by atoms with Gasteiger partial charge in [-0.15, -0.1) is 24.0 Å². The number of hydrogen-bond donors (Lipinski definition) is 3. The van der Waals surface area contributed by atoms with Crippen molar-refractivity contribution in [3.05, 3.63) is 29.3 Å². The Kier molecular flexibility index (Phi) is 9.56. The molecule has 0 aliphatic heterocycles. The molecule has 5 nitrogen and oxygen atoms in total. The summed E-state index contributed by atoms with van der Waals surface area (Å²) in [4.78, 5) is 4.44. The molecule has 0 bridgehead atoms. The highest BCUT2D eigenvalue weighted by Crippen LogP contribution is 2.28. The number of halogens is 3. The van der Waals surface area contributed by atoms with Crippen molar-refractivity contribution in [2.75, 3.05) is 13.1 Å². The first-order valence-corrected chi connectivity index (χ1v) is 8.71. The third kappa shape index (κ3) is 7.22. The lowest BCUT2D eigenvalue weighted by Crippen LogP contribution is -2.46. The van der Waals surface area contributed by atoms with Crippen LogP contribution in [-0.4, -0.2) is 36.4 Å². The summed E-state index contributed by atoms with van der Waals surface area (Å²) in [6, 6.07) is 5.05. The molecule has 148 valence electrons. The second kappa shape index (κ2) is 10.9. The maximum atomic E-state index is 12.5. The number of aryl methyl sites for hydroxylation is 1. The van der Waals surface area contributed by atoms with E-state index in [1.807, 2.05) is 13.8 Å². The number of ether oxygens (including phenoxy) is 1. The van der Waals surface area contributed by atoms with Gasteiger partial charge in [0.25, 0.3) is 0 Å². The van der Waals surface area contributed by atoms with Gasteiger partial charge in [0.15, 0.2) is 5.96 Å². The van der Waals surface area contributed by atoms with Crippen LogP contribution in [0, 0.1) is 6.92 Å². The van der Waals surface area contributed by atoms with Gasteiger partial charge in [0.05, 0.1) is 12.1 Å². The van der Waals surface area contributed by atoms with Crippen molar-refractivity contribution in [2.24, 2.45) is 4.99 Å². The minimum Gasteiger partial charge on any atom is -0.434 e. The van der Waals surface area contributed by atoms with Gasteiger partial charge in [-0.3, -0.25) is 0 Å². The molecule has 26 heavy (non-hydrogen) atoms. The fraction of sp³-hybridized carbons (Fsp3) is 0.611. The van der Waals surface area contributed by atoms with Crippen LogP contribution in [0.25, 0.3) is 0 Å².